The van der Waals surface area contributed by atoms with Crippen molar-refractivity contribution in [2.45, 2.75) is 19.8 Å². The number of rotatable bonds is 4. The first kappa shape index (κ1) is 13.6. The van der Waals surface area contributed by atoms with Crippen molar-refractivity contribution < 1.29 is 4.74 Å². The molecule has 0 unspecified atom stereocenters. The maximum atomic E-state index is 5.92. The van der Waals surface area contributed by atoms with Crippen molar-refractivity contribution in [3.8, 4) is 11.5 Å². The Hall–Kier alpha value is -1.87. The van der Waals surface area contributed by atoms with Crippen molar-refractivity contribution in [2.24, 2.45) is 5.73 Å². The third kappa shape index (κ3) is 3.32. The molecule has 19 heavy (non-hydrogen) atoms. The molecule has 2 rings (SSSR count). The molecule has 0 aliphatic heterocycles. The highest BCUT2D eigenvalue weighted by molar-refractivity contribution is 7.80. The second-order valence-corrected chi connectivity index (χ2v) is 5.12. The summed E-state index contributed by atoms with van der Waals surface area (Å²) in [4.78, 5) is 0.397. The monoisotopic (exact) mass is 271 g/mol. The van der Waals surface area contributed by atoms with Crippen LogP contribution in [0.1, 0.15) is 30.9 Å². The second kappa shape index (κ2) is 5.85. The maximum absolute atomic E-state index is 5.92. The Balaban J connectivity index is 2.24. The zero-order valence-electron chi connectivity index (χ0n) is 11.1. The van der Waals surface area contributed by atoms with E-state index in [1.165, 1.54) is 5.56 Å². The Morgan fingerprint density at radius 2 is 1.68 bits per heavy atom. The second-order valence-electron chi connectivity index (χ2n) is 4.68. The molecule has 0 aliphatic rings. The van der Waals surface area contributed by atoms with E-state index in [2.05, 4.69) is 19.9 Å². The summed E-state index contributed by atoms with van der Waals surface area (Å²) >= 11 is 4.93. The fourth-order valence-electron chi connectivity index (χ4n) is 1.86. The fraction of sp³-hybridized carbons (Fsp3) is 0.188. The summed E-state index contributed by atoms with van der Waals surface area (Å²) in [5.41, 5.74) is 7.61. The Morgan fingerprint density at radius 1 is 1.05 bits per heavy atom. The quantitative estimate of drug-likeness (QED) is 0.845. The van der Waals surface area contributed by atoms with Gasteiger partial charge in [0.05, 0.1) is 0 Å². The molecule has 0 saturated carbocycles. The molecule has 2 aromatic rings. The summed E-state index contributed by atoms with van der Waals surface area (Å²) < 4.78 is 5.92. The van der Waals surface area contributed by atoms with E-state index in [0.717, 1.165) is 17.1 Å². The minimum Gasteiger partial charge on any atom is -0.457 e. The molecular weight excluding hydrogens is 254 g/mol. The first-order valence-electron chi connectivity index (χ1n) is 6.24. The average Bonchev–Trinajstić information content (AvgIpc) is 2.39. The lowest BCUT2D eigenvalue weighted by atomic mass is 10.0. The topological polar surface area (TPSA) is 35.2 Å². The van der Waals surface area contributed by atoms with Crippen LogP contribution in [0.5, 0.6) is 11.5 Å². The molecule has 0 aliphatic carbocycles. The predicted molar refractivity (Wildman–Crippen MR) is 82.9 cm³/mol. The van der Waals surface area contributed by atoms with E-state index in [1.807, 2.05) is 42.5 Å². The number of hydrogen-bond acceptors (Lipinski definition) is 2. The van der Waals surface area contributed by atoms with Crippen LogP contribution in [0.15, 0.2) is 48.5 Å². The lowest BCUT2D eigenvalue weighted by Gasteiger charge is -2.13. The number of ether oxygens (including phenoxy) is 1. The van der Waals surface area contributed by atoms with Crippen LogP contribution in [-0.2, 0) is 0 Å². The van der Waals surface area contributed by atoms with E-state index >= 15 is 0 Å². The highest BCUT2D eigenvalue weighted by atomic mass is 32.1. The van der Waals surface area contributed by atoms with Gasteiger partial charge < -0.3 is 10.5 Å². The molecule has 0 aromatic heterocycles. The molecule has 2 aromatic carbocycles. The Labute approximate surface area is 119 Å². The molecule has 0 atom stereocenters. The summed E-state index contributed by atoms with van der Waals surface area (Å²) in [6.45, 7) is 4.30. The van der Waals surface area contributed by atoms with Crippen LogP contribution in [0.3, 0.4) is 0 Å². The SMILES string of the molecule is CC(C)c1ccccc1Oc1ccc(C(N)=S)cc1. The molecule has 2 N–H and O–H groups in total. The van der Waals surface area contributed by atoms with Gasteiger partial charge in [0.1, 0.15) is 16.5 Å². The molecule has 98 valence electrons. The van der Waals surface area contributed by atoms with Gasteiger partial charge in [0.25, 0.3) is 0 Å². The van der Waals surface area contributed by atoms with E-state index in [-0.39, 0.29) is 0 Å². The van der Waals surface area contributed by atoms with Crippen molar-refractivity contribution in [3.05, 3.63) is 59.7 Å². The van der Waals surface area contributed by atoms with E-state index in [1.54, 1.807) is 0 Å². The normalized spacial score (nSPS) is 10.5. The van der Waals surface area contributed by atoms with Crippen LogP contribution in [0.25, 0.3) is 0 Å². The van der Waals surface area contributed by atoms with Gasteiger partial charge in [-0.2, -0.15) is 0 Å². The smallest absolute Gasteiger partial charge is 0.130 e. The van der Waals surface area contributed by atoms with Gasteiger partial charge in [-0.1, -0.05) is 44.3 Å². The highest BCUT2D eigenvalue weighted by Gasteiger charge is 2.07. The van der Waals surface area contributed by atoms with Gasteiger partial charge in [-0.15, -0.1) is 0 Å². The summed E-state index contributed by atoms with van der Waals surface area (Å²) in [6, 6.07) is 15.6. The Morgan fingerprint density at radius 3 is 2.26 bits per heavy atom. The maximum Gasteiger partial charge on any atom is 0.130 e. The summed E-state index contributed by atoms with van der Waals surface area (Å²) in [5, 5.41) is 0. The zero-order chi connectivity index (χ0) is 13.8. The molecule has 0 spiro atoms. The molecule has 0 fully saturated rings. The van der Waals surface area contributed by atoms with Crippen LogP contribution >= 0.6 is 12.2 Å². The Bertz CT molecular complexity index is 576. The molecule has 0 radical (unpaired) electrons. The van der Waals surface area contributed by atoms with Gasteiger partial charge in [0.15, 0.2) is 0 Å². The van der Waals surface area contributed by atoms with Gasteiger partial charge in [-0.05, 0) is 41.8 Å². The van der Waals surface area contributed by atoms with Crippen LogP contribution < -0.4 is 10.5 Å². The molecule has 2 nitrogen and oxygen atoms in total. The number of nitrogens with two attached hydrogens (primary N) is 1. The number of para-hydroxylation sites is 1. The average molecular weight is 271 g/mol. The van der Waals surface area contributed by atoms with Crippen molar-refractivity contribution in [1.82, 2.24) is 0 Å². The van der Waals surface area contributed by atoms with Crippen molar-refractivity contribution in [2.75, 3.05) is 0 Å². The van der Waals surface area contributed by atoms with E-state index in [9.17, 15) is 0 Å². The molecule has 0 bridgehead atoms. The molecule has 0 heterocycles. The molecular formula is C16H17NOS. The molecule has 0 saturated heterocycles. The van der Waals surface area contributed by atoms with Gasteiger partial charge in [0, 0.05) is 5.56 Å². The van der Waals surface area contributed by atoms with E-state index in [4.69, 9.17) is 22.7 Å². The third-order valence-corrected chi connectivity index (χ3v) is 3.14. The predicted octanol–water partition coefficient (Wildman–Crippen LogP) is 4.24. The third-order valence-electron chi connectivity index (χ3n) is 2.91. The van der Waals surface area contributed by atoms with Gasteiger partial charge in [-0.25, -0.2) is 0 Å². The van der Waals surface area contributed by atoms with Crippen LogP contribution in [-0.4, -0.2) is 4.99 Å². The molecule has 3 heteroatoms. The number of hydrogen-bond donors (Lipinski definition) is 1. The lowest BCUT2D eigenvalue weighted by molar-refractivity contribution is 0.473. The zero-order valence-corrected chi connectivity index (χ0v) is 11.9. The van der Waals surface area contributed by atoms with Gasteiger partial charge >= 0.3 is 0 Å². The minimum absolute atomic E-state index is 0.397. The van der Waals surface area contributed by atoms with E-state index in [0.29, 0.717) is 10.9 Å². The first-order chi connectivity index (χ1) is 9.08. The van der Waals surface area contributed by atoms with Crippen molar-refractivity contribution in [1.29, 1.82) is 0 Å². The van der Waals surface area contributed by atoms with Crippen LogP contribution in [0, 0.1) is 0 Å². The standard InChI is InChI=1S/C16H17NOS/c1-11(2)14-5-3-4-6-15(14)18-13-9-7-12(8-10-13)16(17)19/h3-11H,1-2H3,(H2,17,19). The van der Waals surface area contributed by atoms with Crippen molar-refractivity contribution in [3.63, 3.8) is 0 Å². The number of thiocarbonyl (C=S) groups is 1. The first-order valence-corrected chi connectivity index (χ1v) is 6.65. The van der Waals surface area contributed by atoms with Crippen LogP contribution in [0.2, 0.25) is 0 Å². The fourth-order valence-corrected chi connectivity index (χ4v) is 2.00. The lowest BCUT2D eigenvalue weighted by Crippen LogP contribution is -2.08. The van der Waals surface area contributed by atoms with Crippen molar-refractivity contribution >= 4 is 17.2 Å². The summed E-state index contributed by atoms with van der Waals surface area (Å²) in [6.07, 6.45) is 0. The molecule has 0 amide bonds. The van der Waals surface area contributed by atoms with Crippen LogP contribution in [0.4, 0.5) is 0 Å². The van der Waals surface area contributed by atoms with E-state index < -0.39 is 0 Å². The minimum atomic E-state index is 0.397. The summed E-state index contributed by atoms with van der Waals surface area (Å²) in [5.74, 6) is 2.10. The Kier molecular flexibility index (Phi) is 4.17. The highest BCUT2D eigenvalue weighted by Crippen LogP contribution is 2.30. The largest absolute Gasteiger partial charge is 0.457 e. The van der Waals surface area contributed by atoms with Gasteiger partial charge in [0.2, 0.25) is 0 Å². The number of benzene rings is 2. The van der Waals surface area contributed by atoms with Gasteiger partial charge in [-0.3, -0.25) is 0 Å². The summed E-state index contributed by atoms with van der Waals surface area (Å²) in [7, 11) is 0.